The lowest BCUT2D eigenvalue weighted by molar-refractivity contribution is -0.151. The molecule has 0 bridgehead atoms. The van der Waals surface area contributed by atoms with Gasteiger partial charge in [0.25, 0.3) is 0 Å². The molecular formula is C26H21F7N6O2S. The first-order chi connectivity index (χ1) is 19.5. The van der Waals surface area contributed by atoms with E-state index in [1.54, 1.807) is 0 Å². The molecule has 0 saturated heterocycles. The molecule has 1 saturated carbocycles. The third kappa shape index (κ3) is 5.81. The molecule has 2 aromatic carbocycles. The molecule has 2 heterocycles. The molecule has 0 radical (unpaired) electrons. The molecule has 0 unspecified atom stereocenters. The lowest BCUT2D eigenvalue weighted by atomic mass is 10.0. The zero-order chi connectivity index (χ0) is 30.7. The topological polar surface area (TPSA) is 123 Å². The molecule has 5 rings (SSSR count). The lowest BCUT2D eigenvalue weighted by Gasteiger charge is -2.23. The highest BCUT2D eigenvalue weighted by molar-refractivity contribution is 7.89. The van der Waals surface area contributed by atoms with Crippen LogP contribution in [0.2, 0.25) is 0 Å². The number of sulfonamides is 1. The van der Waals surface area contributed by atoms with Crippen LogP contribution in [0.5, 0.6) is 0 Å². The number of benzene rings is 2. The fourth-order valence-electron chi connectivity index (χ4n) is 4.34. The molecule has 2 aromatic heterocycles. The summed E-state index contributed by atoms with van der Waals surface area (Å²) in [5.74, 6) is -0.984. The van der Waals surface area contributed by atoms with Crippen molar-refractivity contribution in [1.82, 2.24) is 15.0 Å². The van der Waals surface area contributed by atoms with Crippen molar-refractivity contribution in [3.63, 3.8) is 0 Å². The Labute approximate surface area is 234 Å². The van der Waals surface area contributed by atoms with Crippen molar-refractivity contribution in [2.45, 2.75) is 48.6 Å². The van der Waals surface area contributed by atoms with Crippen LogP contribution in [0.4, 0.5) is 42.5 Å². The minimum absolute atomic E-state index is 0.0117. The van der Waals surface area contributed by atoms with Crippen molar-refractivity contribution in [3.8, 4) is 11.3 Å². The Balaban J connectivity index is 1.55. The Hall–Kier alpha value is -4.05. The van der Waals surface area contributed by atoms with Gasteiger partial charge in [-0.1, -0.05) is 6.07 Å². The van der Waals surface area contributed by atoms with Gasteiger partial charge >= 0.3 is 12.4 Å². The molecule has 1 aliphatic rings. The maximum absolute atomic E-state index is 13.8. The predicted molar refractivity (Wildman–Crippen MR) is 139 cm³/mol. The van der Waals surface area contributed by atoms with Gasteiger partial charge in [0, 0.05) is 5.56 Å². The molecule has 0 spiro atoms. The second-order valence-corrected chi connectivity index (χ2v) is 11.4. The van der Waals surface area contributed by atoms with E-state index in [1.807, 2.05) is 0 Å². The number of nitrogens with two attached hydrogens (primary N) is 1. The average molecular weight is 615 g/mol. The van der Waals surface area contributed by atoms with E-state index in [2.05, 4.69) is 25.6 Å². The number of anilines is 2. The summed E-state index contributed by atoms with van der Waals surface area (Å²) >= 11 is 0. The average Bonchev–Trinajstić information content (AvgIpc) is 3.69. The van der Waals surface area contributed by atoms with Gasteiger partial charge in [0.05, 0.1) is 27.7 Å². The van der Waals surface area contributed by atoms with Crippen LogP contribution < -0.4 is 15.8 Å². The van der Waals surface area contributed by atoms with Gasteiger partial charge in [-0.25, -0.2) is 27.9 Å². The van der Waals surface area contributed by atoms with Crippen molar-refractivity contribution < 1.29 is 39.2 Å². The van der Waals surface area contributed by atoms with Gasteiger partial charge in [0.2, 0.25) is 16.0 Å². The summed E-state index contributed by atoms with van der Waals surface area (Å²) in [6, 6.07) is 9.78. The second kappa shape index (κ2) is 10.0. The maximum Gasteiger partial charge on any atom is 0.417 e. The highest BCUT2D eigenvalue weighted by Gasteiger charge is 2.64. The van der Waals surface area contributed by atoms with Crippen LogP contribution in [0.3, 0.4) is 0 Å². The standard InChI is InChI=1S/C26H21F7N6O2S/c1-13(15-4-9-20(42(34,40)41)17(12-15)25(28,29)30)35-23-37-19-8-7-18(14-2-5-16(27)6-3-14)36-21(19)22(38-23)39-24(10-11-24)26(31,32)33/h2-9,12-13H,10-11H2,1H3,(H2,34,40,41)(H2,35,37,38,39)/t13-/m1/s1. The molecule has 4 N–H and O–H groups in total. The minimum atomic E-state index is -5.04. The number of aromatic nitrogens is 3. The summed E-state index contributed by atoms with van der Waals surface area (Å²) in [5, 5.41) is 10.1. The summed E-state index contributed by atoms with van der Waals surface area (Å²) in [6.07, 6.45) is -10.1. The fourth-order valence-corrected chi connectivity index (χ4v) is 5.08. The molecule has 0 aliphatic heterocycles. The Morgan fingerprint density at radius 2 is 1.60 bits per heavy atom. The first-order valence-corrected chi connectivity index (χ1v) is 13.8. The summed E-state index contributed by atoms with van der Waals surface area (Å²) in [6.45, 7) is 1.43. The van der Waals surface area contributed by atoms with E-state index in [0.717, 1.165) is 12.1 Å². The van der Waals surface area contributed by atoms with Crippen molar-refractivity contribution >= 4 is 32.8 Å². The molecule has 8 nitrogen and oxygen atoms in total. The Morgan fingerprint density at radius 1 is 0.929 bits per heavy atom. The quantitative estimate of drug-likeness (QED) is 0.213. The first kappa shape index (κ1) is 29.4. The number of primary sulfonamides is 1. The van der Waals surface area contributed by atoms with Crippen molar-refractivity contribution in [2.75, 3.05) is 10.6 Å². The van der Waals surface area contributed by atoms with Crippen LogP contribution in [-0.4, -0.2) is 35.1 Å². The molecule has 4 aromatic rings. The molecule has 42 heavy (non-hydrogen) atoms. The number of hydrogen-bond acceptors (Lipinski definition) is 7. The van der Waals surface area contributed by atoms with Crippen LogP contribution >= 0.6 is 0 Å². The Bertz CT molecular complexity index is 1770. The summed E-state index contributed by atoms with van der Waals surface area (Å²) in [7, 11) is -4.69. The summed E-state index contributed by atoms with van der Waals surface area (Å²) in [5.41, 5.74) is -2.83. The monoisotopic (exact) mass is 614 g/mol. The highest BCUT2D eigenvalue weighted by Crippen LogP contribution is 2.51. The van der Waals surface area contributed by atoms with Crippen LogP contribution in [0, 0.1) is 5.82 Å². The van der Waals surface area contributed by atoms with Gasteiger partial charge < -0.3 is 10.6 Å². The number of alkyl halides is 6. The van der Waals surface area contributed by atoms with Gasteiger partial charge in [-0.3, -0.25) is 0 Å². The van der Waals surface area contributed by atoms with Gasteiger partial charge in [0.1, 0.15) is 16.9 Å². The third-order valence-electron chi connectivity index (χ3n) is 6.79. The van der Waals surface area contributed by atoms with Crippen molar-refractivity contribution in [3.05, 3.63) is 71.5 Å². The Morgan fingerprint density at radius 3 is 2.17 bits per heavy atom. The number of nitrogens with one attached hydrogen (secondary N) is 2. The second-order valence-electron chi connectivity index (χ2n) is 9.84. The van der Waals surface area contributed by atoms with Gasteiger partial charge in [-0.15, -0.1) is 0 Å². The number of halogens is 7. The van der Waals surface area contributed by atoms with Gasteiger partial charge in [-0.05, 0) is 73.9 Å². The molecule has 1 atom stereocenters. The zero-order valence-electron chi connectivity index (χ0n) is 21.5. The number of rotatable bonds is 7. The van der Waals surface area contributed by atoms with E-state index < -0.39 is 50.2 Å². The molecule has 0 amide bonds. The normalized spacial score (nSPS) is 15.8. The van der Waals surface area contributed by atoms with Crippen molar-refractivity contribution in [1.29, 1.82) is 0 Å². The molecule has 1 aliphatic carbocycles. The van der Waals surface area contributed by atoms with Crippen LogP contribution in [-0.2, 0) is 16.2 Å². The molecule has 1 fully saturated rings. The van der Waals surface area contributed by atoms with Crippen molar-refractivity contribution in [2.24, 2.45) is 5.14 Å². The van der Waals surface area contributed by atoms with E-state index >= 15 is 0 Å². The van der Waals surface area contributed by atoms with Crippen LogP contribution in [0.25, 0.3) is 22.3 Å². The smallest absolute Gasteiger partial charge is 0.354 e. The minimum Gasteiger partial charge on any atom is -0.354 e. The van der Waals surface area contributed by atoms with Crippen LogP contribution in [0.15, 0.2) is 59.5 Å². The molecule has 16 heteroatoms. The maximum atomic E-state index is 13.8. The Kier molecular flexibility index (Phi) is 7.04. The van der Waals surface area contributed by atoms with Crippen LogP contribution in [0.1, 0.15) is 36.9 Å². The van der Waals surface area contributed by atoms with E-state index in [-0.39, 0.29) is 41.2 Å². The number of nitrogens with zero attached hydrogens (tertiary/aromatic N) is 3. The van der Waals surface area contributed by atoms with Gasteiger partial charge in [-0.2, -0.15) is 31.3 Å². The predicted octanol–water partition coefficient (Wildman–Crippen LogP) is 6.18. The third-order valence-corrected chi connectivity index (χ3v) is 7.76. The first-order valence-electron chi connectivity index (χ1n) is 12.3. The lowest BCUT2D eigenvalue weighted by Crippen LogP contribution is -2.39. The van der Waals surface area contributed by atoms with E-state index in [0.29, 0.717) is 17.3 Å². The highest BCUT2D eigenvalue weighted by atomic mass is 32.2. The number of fused-ring (bicyclic) bond motifs is 1. The van der Waals surface area contributed by atoms with E-state index in [9.17, 15) is 39.2 Å². The van der Waals surface area contributed by atoms with E-state index in [1.165, 1.54) is 43.3 Å². The molecular weight excluding hydrogens is 593 g/mol. The SMILES string of the molecule is C[C@@H](Nc1nc(NC2(C(F)(F)F)CC2)c2nc(-c3ccc(F)cc3)ccc2n1)c1ccc(S(N)(=O)=O)c(C(F)(F)F)c1. The number of hydrogen-bond donors (Lipinski definition) is 3. The van der Waals surface area contributed by atoms with E-state index in [4.69, 9.17) is 5.14 Å². The summed E-state index contributed by atoms with van der Waals surface area (Å²) in [4.78, 5) is 11.8. The summed E-state index contributed by atoms with van der Waals surface area (Å²) < 4.78 is 119. The molecule has 222 valence electrons. The van der Waals surface area contributed by atoms with Gasteiger partial charge in [0.15, 0.2) is 5.82 Å². The largest absolute Gasteiger partial charge is 0.417 e. The zero-order valence-corrected chi connectivity index (χ0v) is 22.3. The fraction of sp³-hybridized carbons (Fsp3) is 0.269. The number of pyridine rings is 1.